The molecule has 0 aliphatic heterocycles. The van der Waals surface area contributed by atoms with Crippen molar-refractivity contribution in [2.24, 2.45) is 0 Å². The number of hydrogen-bond donors (Lipinski definition) is 3. The maximum atomic E-state index is 13.1. The fraction of sp³-hybridized carbons (Fsp3) is 0.118. The minimum atomic E-state index is -0.401. The number of aromatic nitrogens is 3. The fourth-order valence-electron chi connectivity index (χ4n) is 2.18. The van der Waals surface area contributed by atoms with Crippen molar-refractivity contribution >= 4 is 17.5 Å². The van der Waals surface area contributed by atoms with Gasteiger partial charge in [0, 0.05) is 37.2 Å². The van der Waals surface area contributed by atoms with Crippen LogP contribution in [0.15, 0.2) is 61.2 Å². The van der Waals surface area contributed by atoms with Gasteiger partial charge < -0.3 is 20.5 Å². The molecule has 2 amide bonds. The smallest absolute Gasteiger partial charge is 0.319 e. The largest absolute Gasteiger partial charge is 0.368 e. The maximum absolute atomic E-state index is 13.1. The molecule has 0 spiro atoms. The number of carbonyl (C=O) groups is 1. The van der Waals surface area contributed by atoms with E-state index in [0.717, 1.165) is 5.82 Å². The van der Waals surface area contributed by atoms with Crippen LogP contribution in [0.3, 0.4) is 0 Å². The summed E-state index contributed by atoms with van der Waals surface area (Å²) in [5.74, 6) is 1.01. The van der Waals surface area contributed by atoms with Crippen molar-refractivity contribution in [2.75, 3.05) is 23.7 Å². The second-order valence-corrected chi connectivity index (χ2v) is 5.17. The van der Waals surface area contributed by atoms with E-state index in [-0.39, 0.29) is 0 Å². The van der Waals surface area contributed by atoms with Gasteiger partial charge in [-0.15, -0.1) is 0 Å². The Morgan fingerprint density at radius 1 is 1.08 bits per heavy atom. The molecule has 0 atom stereocenters. The van der Waals surface area contributed by atoms with E-state index in [0.29, 0.717) is 24.6 Å². The van der Waals surface area contributed by atoms with Crippen molar-refractivity contribution in [2.45, 2.75) is 0 Å². The Hall–Kier alpha value is -3.42. The summed E-state index contributed by atoms with van der Waals surface area (Å²) in [7, 11) is 0. The van der Waals surface area contributed by atoms with E-state index in [1.165, 1.54) is 24.5 Å². The van der Waals surface area contributed by atoms with Gasteiger partial charge in [0.25, 0.3) is 0 Å². The van der Waals surface area contributed by atoms with Crippen molar-refractivity contribution in [3.05, 3.63) is 67.0 Å². The topological polar surface area (TPSA) is 83.9 Å². The summed E-state index contributed by atoms with van der Waals surface area (Å²) >= 11 is 0. The minimum Gasteiger partial charge on any atom is -0.368 e. The summed E-state index contributed by atoms with van der Waals surface area (Å²) in [6.07, 6.45) is 5.26. The molecular weight excluding hydrogens is 323 g/mol. The SMILES string of the molecule is O=C(NCCNc1cc(-n2cccc2)ncn1)Nc1cccc(F)c1. The zero-order valence-corrected chi connectivity index (χ0v) is 13.3. The first-order valence-corrected chi connectivity index (χ1v) is 7.70. The van der Waals surface area contributed by atoms with Crippen LogP contribution in [0.2, 0.25) is 0 Å². The summed E-state index contributed by atoms with van der Waals surface area (Å²) in [6.45, 7) is 0.864. The second kappa shape index (κ2) is 7.91. The van der Waals surface area contributed by atoms with Gasteiger partial charge in [0.15, 0.2) is 0 Å². The van der Waals surface area contributed by atoms with Crippen LogP contribution < -0.4 is 16.0 Å². The van der Waals surface area contributed by atoms with Gasteiger partial charge in [-0.2, -0.15) is 0 Å². The highest BCUT2D eigenvalue weighted by atomic mass is 19.1. The molecule has 0 saturated heterocycles. The Morgan fingerprint density at radius 2 is 1.92 bits per heavy atom. The van der Waals surface area contributed by atoms with Crippen LogP contribution in [-0.4, -0.2) is 33.7 Å². The third-order valence-electron chi connectivity index (χ3n) is 3.32. The van der Waals surface area contributed by atoms with E-state index in [9.17, 15) is 9.18 Å². The van der Waals surface area contributed by atoms with E-state index in [4.69, 9.17) is 0 Å². The lowest BCUT2D eigenvalue weighted by molar-refractivity contribution is 0.252. The van der Waals surface area contributed by atoms with E-state index in [2.05, 4.69) is 25.9 Å². The first kappa shape index (κ1) is 16.4. The number of urea groups is 1. The van der Waals surface area contributed by atoms with Crippen molar-refractivity contribution < 1.29 is 9.18 Å². The van der Waals surface area contributed by atoms with Gasteiger partial charge in [0.2, 0.25) is 0 Å². The number of carbonyl (C=O) groups excluding carboxylic acids is 1. The Balaban J connectivity index is 1.44. The molecule has 25 heavy (non-hydrogen) atoms. The molecule has 128 valence electrons. The molecule has 0 unspecified atom stereocenters. The highest BCUT2D eigenvalue weighted by Crippen LogP contribution is 2.09. The van der Waals surface area contributed by atoms with E-state index in [1.54, 1.807) is 6.07 Å². The van der Waals surface area contributed by atoms with Gasteiger partial charge in [-0.25, -0.2) is 19.2 Å². The predicted molar refractivity (Wildman–Crippen MR) is 93.3 cm³/mol. The number of anilines is 2. The molecule has 0 aliphatic rings. The molecule has 3 rings (SSSR count). The van der Waals surface area contributed by atoms with Crippen molar-refractivity contribution in [1.82, 2.24) is 19.9 Å². The number of benzene rings is 1. The lowest BCUT2D eigenvalue weighted by Gasteiger charge is -2.09. The second-order valence-electron chi connectivity index (χ2n) is 5.17. The first-order valence-electron chi connectivity index (χ1n) is 7.70. The minimum absolute atomic E-state index is 0.379. The van der Waals surface area contributed by atoms with Gasteiger partial charge in [0.05, 0.1) is 0 Å². The molecule has 0 radical (unpaired) electrons. The standard InChI is InChI=1S/C17H17FN6O/c18-13-4-3-5-14(10-13)23-17(25)20-7-6-19-15-11-16(22-12-21-15)24-8-1-2-9-24/h1-5,8-12H,6-7H2,(H,19,21,22)(H2,20,23,25). The Labute approximate surface area is 143 Å². The summed E-state index contributed by atoms with van der Waals surface area (Å²) in [5, 5.41) is 8.35. The number of rotatable bonds is 6. The van der Waals surface area contributed by atoms with Crippen LogP contribution in [-0.2, 0) is 0 Å². The van der Waals surface area contributed by atoms with Gasteiger partial charge in [-0.3, -0.25) is 0 Å². The summed E-state index contributed by atoms with van der Waals surface area (Å²) in [6, 6.07) is 11.0. The van der Waals surface area contributed by atoms with Gasteiger partial charge in [-0.1, -0.05) is 6.07 Å². The van der Waals surface area contributed by atoms with Crippen LogP contribution in [0.4, 0.5) is 20.7 Å². The number of hydrogen-bond acceptors (Lipinski definition) is 4. The number of nitrogens with zero attached hydrogens (tertiary/aromatic N) is 3. The average Bonchev–Trinajstić information content (AvgIpc) is 3.14. The van der Waals surface area contributed by atoms with Crippen molar-refractivity contribution in [3.8, 4) is 5.82 Å². The zero-order valence-electron chi connectivity index (χ0n) is 13.3. The fourth-order valence-corrected chi connectivity index (χ4v) is 2.18. The molecule has 0 bridgehead atoms. The summed E-state index contributed by atoms with van der Waals surface area (Å²) in [4.78, 5) is 20.1. The molecule has 2 aromatic heterocycles. The maximum Gasteiger partial charge on any atom is 0.319 e. The predicted octanol–water partition coefficient (Wildman–Crippen LogP) is 2.64. The van der Waals surface area contributed by atoms with Gasteiger partial charge >= 0.3 is 6.03 Å². The van der Waals surface area contributed by atoms with Gasteiger partial charge in [-0.05, 0) is 30.3 Å². The molecule has 2 heterocycles. The molecule has 3 N–H and O–H groups in total. The van der Waals surface area contributed by atoms with Crippen LogP contribution in [0, 0.1) is 5.82 Å². The van der Waals surface area contributed by atoms with E-state index in [1.807, 2.05) is 35.2 Å². The average molecular weight is 340 g/mol. The first-order chi connectivity index (χ1) is 12.2. The van der Waals surface area contributed by atoms with Crippen molar-refractivity contribution in [3.63, 3.8) is 0 Å². The third-order valence-corrected chi connectivity index (χ3v) is 3.32. The monoisotopic (exact) mass is 340 g/mol. The third kappa shape index (κ3) is 4.77. The molecule has 0 saturated carbocycles. The highest BCUT2D eigenvalue weighted by Gasteiger charge is 2.03. The molecule has 7 nitrogen and oxygen atoms in total. The van der Waals surface area contributed by atoms with Gasteiger partial charge in [0.1, 0.15) is 23.8 Å². The molecule has 3 aromatic rings. The van der Waals surface area contributed by atoms with Crippen molar-refractivity contribution in [1.29, 1.82) is 0 Å². The molecule has 8 heteroatoms. The molecule has 0 aliphatic carbocycles. The van der Waals surface area contributed by atoms with Crippen LogP contribution in [0.25, 0.3) is 5.82 Å². The molecule has 0 fully saturated rings. The zero-order chi connectivity index (χ0) is 17.5. The molecule has 1 aromatic carbocycles. The van der Waals surface area contributed by atoms with Crippen LogP contribution >= 0.6 is 0 Å². The Kier molecular flexibility index (Phi) is 5.20. The number of halogens is 1. The highest BCUT2D eigenvalue weighted by molar-refractivity contribution is 5.89. The van der Waals surface area contributed by atoms with E-state index >= 15 is 0 Å². The lowest BCUT2D eigenvalue weighted by atomic mass is 10.3. The summed E-state index contributed by atoms with van der Waals surface area (Å²) < 4.78 is 14.9. The Morgan fingerprint density at radius 3 is 2.72 bits per heavy atom. The summed E-state index contributed by atoms with van der Waals surface area (Å²) in [5.41, 5.74) is 0.401. The van der Waals surface area contributed by atoms with Crippen LogP contribution in [0.1, 0.15) is 0 Å². The number of nitrogens with one attached hydrogen (secondary N) is 3. The molecular formula is C17H17FN6O. The van der Waals surface area contributed by atoms with Crippen LogP contribution in [0.5, 0.6) is 0 Å². The Bertz CT molecular complexity index is 837. The van der Waals surface area contributed by atoms with E-state index < -0.39 is 11.8 Å². The number of amides is 2. The normalized spacial score (nSPS) is 10.3. The quantitative estimate of drug-likeness (QED) is 0.602. The lowest BCUT2D eigenvalue weighted by Crippen LogP contribution is -2.32.